The Labute approximate surface area is 90.7 Å². The summed E-state index contributed by atoms with van der Waals surface area (Å²) in [6.07, 6.45) is 1.86. The number of fused-ring (bicyclic) bond motifs is 1. The third-order valence-corrected chi connectivity index (χ3v) is 2.87. The van der Waals surface area contributed by atoms with Crippen LogP contribution in [0.2, 0.25) is 0 Å². The second-order valence-electron chi connectivity index (χ2n) is 4.68. The number of anilines is 1. The first-order chi connectivity index (χ1) is 7.16. The summed E-state index contributed by atoms with van der Waals surface area (Å²) in [6, 6.07) is 8.06. The van der Waals surface area contributed by atoms with Crippen molar-refractivity contribution in [3.63, 3.8) is 0 Å². The van der Waals surface area contributed by atoms with Crippen LogP contribution >= 0.6 is 0 Å². The third kappa shape index (κ3) is 2.20. The summed E-state index contributed by atoms with van der Waals surface area (Å²) < 4.78 is 0. The minimum Gasteiger partial charge on any atom is -0.326 e. The molecule has 1 aliphatic rings. The average molecular weight is 203 g/mol. The lowest BCUT2D eigenvalue weighted by atomic mass is 9.87. The Hall–Kier alpha value is -1.31. The van der Waals surface area contributed by atoms with Gasteiger partial charge in [0, 0.05) is 11.6 Å². The Morgan fingerprint density at radius 3 is 2.87 bits per heavy atom. The van der Waals surface area contributed by atoms with Crippen LogP contribution in [0, 0.1) is 11.8 Å². The van der Waals surface area contributed by atoms with Crippen molar-refractivity contribution in [3.05, 3.63) is 29.8 Å². The molecule has 1 heterocycles. The van der Waals surface area contributed by atoms with Gasteiger partial charge in [-0.25, -0.2) is 0 Å². The minimum atomic E-state index is 0.153. The smallest absolute Gasteiger partial charge is 0.227 e. The Bertz CT molecular complexity index is 371. The van der Waals surface area contributed by atoms with Crippen LogP contribution in [0.25, 0.3) is 0 Å². The van der Waals surface area contributed by atoms with Gasteiger partial charge < -0.3 is 5.32 Å². The van der Waals surface area contributed by atoms with Crippen molar-refractivity contribution in [2.75, 3.05) is 5.32 Å². The van der Waals surface area contributed by atoms with E-state index >= 15 is 0 Å². The fourth-order valence-corrected chi connectivity index (χ4v) is 2.17. The van der Waals surface area contributed by atoms with Crippen LogP contribution in [0.4, 0.5) is 5.69 Å². The van der Waals surface area contributed by atoms with Crippen molar-refractivity contribution in [2.24, 2.45) is 11.8 Å². The monoisotopic (exact) mass is 203 g/mol. The largest absolute Gasteiger partial charge is 0.326 e. The molecule has 0 spiro atoms. The van der Waals surface area contributed by atoms with Gasteiger partial charge in [-0.2, -0.15) is 0 Å². The summed E-state index contributed by atoms with van der Waals surface area (Å²) in [6.45, 7) is 4.32. The van der Waals surface area contributed by atoms with E-state index < -0.39 is 0 Å². The Morgan fingerprint density at radius 1 is 1.40 bits per heavy atom. The molecule has 0 bridgehead atoms. The molecule has 1 N–H and O–H groups in total. The summed E-state index contributed by atoms with van der Waals surface area (Å²) in [5, 5.41) is 2.98. The molecule has 0 saturated carbocycles. The molecule has 1 aliphatic heterocycles. The van der Waals surface area contributed by atoms with Crippen LogP contribution in [-0.2, 0) is 11.2 Å². The standard InChI is InChI=1S/C13H17NO/c1-9(2)7-11-8-10-5-3-4-6-12(10)14-13(11)15/h3-6,9,11H,7-8H2,1-2H3,(H,14,15). The number of hydrogen-bond donors (Lipinski definition) is 1. The fourth-order valence-electron chi connectivity index (χ4n) is 2.17. The van der Waals surface area contributed by atoms with E-state index in [9.17, 15) is 4.79 Å². The van der Waals surface area contributed by atoms with Crippen LogP contribution in [-0.4, -0.2) is 5.91 Å². The van der Waals surface area contributed by atoms with Crippen molar-refractivity contribution < 1.29 is 4.79 Å². The molecule has 0 saturated heterocycles. The van der Waals surface area contributed by atoms with Gasteiger partial charge in [0.1, 0.15) is 0 Å². The SMILES string of the molecule is CC(C)CC1Cc2ccccc2NC1=O. The van der Waals surface area contributed by atoms with Gasteiger partial charge in [-0.15, -0.1) is 0 Å². The lowest BCUT2D eigenvalue weighted by molar-refractivity contribution is -0.120. The molecule has 0 radical (unpaired) electrons. The van der Waals surface area contributed by atoms with Gasteiger partial charge in [-0.3, -0.25) is 4.79 Å². The first-order valence-electron chi connectivity index (χ1n) is 5.55. The number of carbonyl (C=O) groups is 1. The second kappa shape index (κ2) is 4.05. The van der Waals surface area contributed by atoms with E-state index in [0.29, 0.717) is 5.92 Å². The van der Waals surface area contributed by atoms with Crippen LogP contribution < -0.4 is 5.32 Å². The molecule has 1 aromatic rings. The number of nitrogens with one attached hydrogen (secondary N) is 1. The quantitative estimate of drug-likeness (QED) is 0.786. The molecule has 80 valence electrons. The molecule has 2 rings (SSSR count). The maximum atomic E-state index is 11.8. The van der Waals surface area contributed by atoms with Gasteiger partial charge in [0.2, 0.25) is 5.91 Å². The van der Waals surface area contributed by atoms with E-state index in [1.807, 2.05) is 18.2 Å². The summed E-state index contributed by atoms with van der Waals surface area (Å²) in [5.41, 5.74) is 2.25. The van der Waals surface area contributed by atoms with Crippen molar-refractivity contribution in [3.8, 4) is 0 Å². The van der Waals surface area contributed by atoms with Gasteiger partial charge in [0.25, 0.3) is 0 Å². The Kier molecular flexibility index (Phi) is 2.76. The summed E-state index contributed by atoms with van der Waals surface area (Å²) >= 11 is 0. The molecule has 1 atom stereocenters. The molecule has 15 heavy (non-hydrogen) atoms. The molecule has 0 aliphatic carbocycles. The van der Waals surface area contributed by atoms with E-state index in [2.05, 4.69) is 25.2 Å². The number of carbonyl (C=O) groups excluding carboxylic acids is 1. The fraction of sp³-hybridized carbons (Fsp3) is 0.462. The molecular weight excluding hydrogens is 186 g/mol. The third-order valence-electron chi connectivity index (χ3n) is 2.87. The van der Waals surface area contributed by atoms with Gasteiger partial charge in [-0.05, 0) is 30.4 Å². The number of para-hydroxylation sites is 1. The second-order valence-corrected chi connectivity index (χ2v) is 4.68. The summed E-state index contributed by atoms with van der Waals surface area (Å²) in [7, 11) is 0. The van der Waals surface area contributed by atoms with E-state index in [1.165, 1.54) is 5.56 Å². The maximum absolute atomic E-state index is 11.8. The molecule has 1 unspecified atom stereocenters. The van der Waals surface area contributed by atoms with Crippen molar-refractivity contribution in [1.29, 1.82) is 0 Å². The highest BCUT2D eigenvalue weighted by Gasteiger charge is 2.25. The van der Waals surface area contributed by atoms with Crippen LogP contribution in [0.3, 0.4) is 0 Å². The lowest BCUT2D eigenvalue weighted by Crippen LogP contribution is -2.30. The van der Waals surface area contributed by atoms with Crippen molar-refractivity contribution >= 4 is 11.6 Å². The van der Waals surface area contributed by atoms with Crippen molar-refractivity contribution in [2.45, 2.75) is 26.7 Å². The molecule has 0 fully saturated rings. The molecule has 1 amide bonds. The Morgan fingerprint density at radius 2 is 2.13 bits per heavy atom. The van der Waals surface area contributed by atoms with Gasteiger partial charge in [0.15, 0.2) is 0 Å². The average Bonchev–Trinajstić information content (AvgIpc) is 2.18. The number of benzene rings is 1. The van der Waals surface area contributed by atoms with E-state index in [-0.39, 0.29) is 11.8 Å². The van der Waals surface area contributed by atoms with Crippen molar-refractivity contribution in [1.82, 2.24) is 0 Å². The Balaban J connectivity index is 2.18. The zero-order valence-electron chi connectivity index (χ0n) is 9.29. The number of rotatable bonds is 2. The lowest BCUT2D eigenvalue weighted by Gasteiger charge is -2.25. The highest BCUT2D eigenvalue weighted by atomic mass is 16.1. The minimum absolute atomic E-state index is 0.153. The molecule has 2 heteroatoms. The van der Waals surface area contributed by atoms with Gasteiger partial charge in [-0.1, -0.05) is 32.0 Å². The van der Waals surface area contributed by atoms with Gasteiger partial charge >= 0.3 is 0 Å². The topological polar surface area (TPSA) is 29.1 Å². The van der Waals surface area contributed by atoms with Crippen LogP contribution in [0.5, 0.6) is 0 Å². The van der Waals surface area contributed by atoms with E-state index in [4.69, 9.17) is 0 Å². The van der Waals surface area contributed by atoms with Gasteiger partial charge in [0.05, 0.1) is 0 Å². The summed E-state index contributed by atoms with van der Waals surface area (Å²) in [5.74, 6) is 0.910. The molecule has 1 aromatic carbocycles. The van der Waals surface area contributed by atoms with E-state index in [0.717, 1.165) is 18.5 Å². The maximum Gasteiger partial charge on any atom is 0.227 e. The first kappa shape index (κ1) is 10.2. The zero-order valence-corrected chi connectivity index (χ0v) is 9.29. The highest BCUT2D eigenvalue weighted by molar-refractivity contribution is 5.95. The first-order valence-corrected chi connectivity index (χ1v) is 5.55. The molecule has 0 aromatic heterocycles. The van der Waals surface area contributed by atoms with Crippen LogP contribution in [0.15, 0.2) is 24.3 Å². The number of hydrogen-bond acceptors (Lipinski definition) is 1. The predicted molar refractivity (Wildman–Crippen MR) is 61.7 cm³/mol. The zero-order chi connectivity index (χ0) is 10.8. The number of amides is 1. The predicted octanol–water partition coefficient (Wildman–Crippen LogP) is 2.84. The van der Waals surface area contributed by atoms with Crippen LogP contribution in [0.1, 0.15) is 25.8 Å². The normalized spacial score (nSPS) is 19.9. The molecular formula is C13H17NO. The summed E-state index contributed by atoms with van der Waals surface area (Å²) in [4.78, 5) is 11.8. The van der Waals surface area contributed by atoms with E-state index in [1.54, 1.807) is 0 Å². The molecule has 2 nitrogen and oxygen atoms in total. The highest BCUT2D eigenvalue weighted by Crippen LogP contribution is 2.28.